The van der Waals surface area contributed by atoms with Crippen LogP contribution in [0.25, 0.3) is 0 Å². The van der Waals surface area contributed by atoms with Gasteiger partial charge in [-0.1, -0.05) is 18.2 Å². The molecule has 0 amide bonds. The van der Waals surface area contributed by atoms with Gasteiger partial charge >= 0.3 is 0 Å². The predicted octanol–water partition coefficient (Wildman–Crippen LogP) is 4.50. The number of para-hydroxylation sites is 1. The number of hydroxylamine groups is 2. The summed E-state index contributed by atoms with van der Waals surface area (Å²) in [5.74, 6) is 1.48. The van der Waals surface area contributed by atoms with Crippen LogP contribution >= 0.6 is 36.5 Å². The lowest BCUT2D eigenvalue weighted by molar-refractivity contribution is -0.255. The topological polar surface area (TPSA) is 65.0 Å². The average molecular weight is 491 g/mol. The first kappa shape index (κ1) is 25.9. The molecule has 1 N–H and O–H groups in total. The summed E-state index contributed by atoms with van der Waals surface area (Å²) >= 11 is 1.21. The molecule has 0 bridgehead atoms. The van der Waals surface area contributed by atoms with Crippen LogP contribution in [0.15, 0.2) is 30.3 Å². The standard InChI is InChI=1S/C21H31N5O2S.2ClH/c1-20(2)14-17(15-21(3,4)26(20)27)28-19-18(22-29-23-19)25-12-10-24(11-13-25)16-8-6-5-7-9-16;;/h5-9,17,27H,10-15H2,1-4H3;2*1H. The highest BCUT2D eigenvalue weighted by Crippen LogP contribution is 2.39. The van der Waals surface area contributed by atoms with Gasteiger partial charge < -0.3 is 19.7 Å². The zero-order valence-corrected chi connectivity index (χ0v) is 21.0. The quantitative estimate of drug-likeness (QED) is 0.677. The average Bonchev–Trinajstić information content (AvgIpc) is 3.14. The molecule has 174 valence electrons. The highest BCUT2D eigenvalue weighted by molar-refractivity contribution is 6.99. The van der Waals surface area contributed by atoms with Crippen molar-refractivity contribution in [1.29, 1.82) is 0 Å². The van der Waals surface area contributed by atoms with E-state index in [0.717, 1.165) is 44.8 Å². The molecule has 0 spiro atoms. The van der Waals surface area contributed by atoms with Crippen LogP contribution in [0.4, 0.5) is 11.5 Å². The second kappa shape index (κ2) is 10.1. The third-order valence-corrected chi connectivity index (χ3v) is 6.52. The van der Waals surface area contributed by atoms with Crippen molar-refractivity contribution in [3.8, 4) is 5.88 Å². The normalized spacial score (nSPS) is 21.2. The second-order valence-electron chi connectivity index (χ2n) is 9.29. The Balaban J connectivity index is 0.00000171. The van der Waals surface area contributed by atoms with Gasteiger partial charge in [-0.25, -0.2) is 0 Å². The van der Waals surface area contributed by atoms with Gasteiger partial charge in [0.2, 0.25) is 5.82 Å². The maximum absolute atomic E-state index is 10.5. The monoisotopic (exact) mass is 489 g/mol. The van der Waals surface area contributed by atoms with Crippen LogP contribution < -0.4 is 14.5 Å². The molecular weight excluding hydrogens is 457 g/mol. The molecular formula is C21H33Cl2N5O2S. The molecule has 0 saturated carbocycles. The van der Waals surface area contributed by atoms with Gasteiger partial charge in [-0.3, -0.25) is 0 Å². The zero-order chi connectivity index (χ0) is 20.6. The van der Waals surface area contributed by atoms with Crippen LogP contribution in [-0.2, 0) is 0 Å². The molecule has 10 heteroatoms. The van der Waals surface area contributed by atoms with E-state index in [1.54, 1.807) is 0 Å². The highest BCUT2D eigenvalue weighted by Gasteiger charge is 2.46. The number of hydrogen-bond donors (Lipinski definition) is 1. The van der Waals surface area contributed by atoms with E-state index < -0.39 is 0 Å². The minimum absolute atomic E-state index is 0. The van der Waals surface area contributed by atoms with E-state index in [1.165, 1.54) is 22.5 Å². The van der Waals surface area contributed by atoms with E-state index in [2.05, 4.69) is 42.8 Å². The van der Waals surface area contributed by atoms with Crippen LogP contribution in [0, 0.1) is 0 Å². The number of hydrogen-bond acceptors (Lipinski definition) is 8. The Labute approximate surface area is 201 Å². The lowest BCUT2D eigenvalue weighted by atomic mass is 9.80. The summed E-state index contributed by atoms with van der Waals surface area (Å²) in [7, 11) is 0. The van der Waals surface area contributed by atoms with Gasteiger partial charge in [0.25, 0.3) is 5.88 Å². The van der Waals surface area contributed by atoms with Gasteiger partial charge in [-0.05, 0) is 39.8 Å². The molecule has 0 unspecified atom stereocenters. The molecule has 7 nitrogen and oxygen atoms in total. The van der Waals surface area contributed by atoms with Gasteiger partial charge in [0.15, 0.2) is 0 Å². The Morgan fingerprint density at radius 1 is 0.903 bits per heavy atom. The van der Waals surface area contributed by atoms with Gasteiger partial charge in [0.1, 0.15) is 6.10 Å². The molecule has 0 radical (unpaired) electrons. The zero-order valence-electron chi connectivity index (χ0n) is 18.5. The third-order valence-electron chi connectivity index (χ3n) is 6.02. The summed E-state index contributed by atoms with van der Waals surface area (Å²) in [6.07, 6.45) is 1.48. The molecule has 2 aromatic rings. The Morgan fingerprint density at radius 3 is 2.03 bits per heavy atom. The van der Waals surface area contributed by atoms with Crippen LogP contribution in [0.1, 0.15) is 40.5 Å². The molecule has 4 rings (SSSR count). The molecule has 2 aliphatic heterocycles. The number of piperazine rings is 1. The summed E-state index contributed by atoms with van der Waals surface area (Å²) in [5, 5.41) is 12.0. The maximum atomic E-state index is 10.5. The molecule has 31 heavy (non-hydrogen) atoms. The minimum atomic E-state index is -0.350. The van der Waals surface area contributed by atoms with Crippen LogP contribution in [-0.4, -0.2) is 62.4 Å². The SMILES string of the molecule is CC1(C)CC(Oc2nsnc2N2CCN(c3ccccc3)CC2)CC(C)(C)N1O.Cl.Cl. The first-order chi connectivity index (χ1) is 13.8. The van der Waals surface area contributed by atoms with Crippen LogP contribution in [0.5, 0.6) is 5.88 Å². The van der Waals surface area contributed by atoms with E-state index >= 15 is 0 Å². The number of nitrogens with zero attached hydrogens (tertiary/aromatic N) is 5. The summed E-state index contributed by atoms with van der Waals surface area (Å²) in [6, 6.07) is 10.5. The molecule has 0 atom stereocenters. The van der Waals surface area contributed by atoms with Crippen molar-refractivity contribution in [3.05, 3.63) is 30.3 Å². The fraction of sp³-hybridized carbons (Fsp3) is 0.619. The number of aromatic nitrogens is 2. The summed E-state index contributed by atoms with van der Waals surface area (Å²) in [4.78, 5) is 4.68. The van der Waals surface area contributed by atoms with E-state index in [0.29, 0.717) is 5.88 Å². The molecule has 1 aromatic carbocycles. The first-order valence-electron chi connectivity index (χ1n) is 10.3. The summed E-state index contributed by atoms with van der Waals surface area (Å²) in [6.45, 7) is 11.9. The van der Waals surface area contributed by atoms with Crippen molar-refractivity contribution in [2.75, 3.05) is 36.0 Å². The van der Waals surface area contributed by atoms with Crippen LogP contribution in [0.2, 0.25) is 0 Å². The Bertz CT molecular complexity index is 810. The van der Waals surface area contributed by atoms with E-state index in [9.17, 15) is 5.21 Å². The minimum Gasteiger partial charge on any atom is -0.471 e. The van der Waals surface area contributed by atoms with Crippen molar-refractivity contribution >= 4 is 48.0 Å². The molecule has 3 heterocycles. The summed E-state index contributed by atoms with van der Waals surface area (Å²) in [5.41, 5.74) is 0.564. The second-order valence-corrected chi connectivity index (χ2v) is 9.82. The van der Waals surface area contributed by atoms with E-state index in [4.69, 9.17) is 4.74 Å². The number of benzene rings is 1. The first-order valence-corrected chi connectivity index (χ1v) is 11.0. The lowest BCUT2D eigenvalue weighted by Crippen LogP contribution is -2.61. The van der Waals surface area contributed by atoms with Crippen molar-refractivity contribution in [2.24, 2.45) is 0 Å². The summed E-state index contributed by atoms with van der Waals surface area (Å²) < 4.78 is 15.4. The van der Waals surface area contributed by atoms with E-state index in [-0.39, 0.29) is 42.0 Å². The molecule has 1 aromatic heterocycles. The van der Waals surface area contributed by atoms with Gasteiger partial charge in [0.05, 0.1) is 11.7 Å². The Morgan fingerprint density at radius 2 is 1.45 bits per heavy atom. The molecule has 2 aliphatic rings. The van der Waals surface area contributed by atoms with Crippen LogP contribution in [0.3, 0.4) is 0 Å². The fourth-order valence-corrected chi connectivity index (χ4v) is 5.19. The van der Waals surface area contributed by atoms with Gasteiger partial charge in [0, 0.05) is 55.8 Å². The van der Waals surface area contributed by atoms with Crippen molar-refractivity contribution in [2.45, 2.75) is 57.7 Å². The largest absolute Gasteiger partial charge is 0.471 e. The molecule has 2 fully saturated rings. The molecule has 0 aliphatic carbocycles. The number of halogens is 2. The van der Waals surface area contributed by atoms with Crippen molar-refractivity contribution in [1.82, 2.24) is 13.8 Å². The Hall–Kier alpha value is -1.32. The fourth-order valence-electron chi connectivity index (χ4n) is 4.68. The number of ether oxygens (including phenoxy) is 1. The van der Waals surface area contributed by atoms with Gasteiger partial charge in [-0.2, -0.15) is 9.44 Å². The number of anilines is 2. The highest BCUT2D eigenvalue weighted by atomic mass is 35.5. The number of piperidine rings is 1. The lowest BCUT2D eigenvalue weighted by Gasteiger charge is -2.51. The third kappa shape index (κ3) is 5.54. The van der Waals surface area contributed by atoms with E-state index in [1.807, 2.05) is 33.8 Å². The maximum Gasteiger partial charge on any atom is 0.271 e. The van der Waals surface area contributed by atoms with Crippen molar-refractivity contribution in [3.63, 3.8) is 0 Å². The number of rotatable bonds is 4. The molecule has 2 saturated heterocycles. The smallest absolute Gasteiger partial charge is 0.271 e. The Kier molecular flexibility index (Phi) is 8.44. The van der Waals surface area contributed by atoms with Crippen molar-refractivity contribution < 1.29 is 9.94 Å². The predicted molar refractivity (Wildman–Crippen MR) is 131 cm³/mol. The van der Waals surface area contributed by atoms with Gasteiger partial charge in [-0.15, -0.1) is 29.2 Å².